The van der Waals surface area contributed by atoms with E-state index in [1.54, 1.807) is 0 Å². The minimum atomic E-state index is 0.341. The highest BCUT2D eigenvalue weighted by molar-refractivity contribution is 6.33. The van der Waals surface area contributed by atoms with Crippen molar-refractivity contribution < 1.29 is 0 Å². The highest BCUT2D eigenvalue weighted by Gasteiger charge is 2.10. The van der Waals surface area contributed by atoms with Crippen molar-refractivity contribution in [2.75, 3.05) is 0 Å². The summed E-state index contributed by atoms with van der Waals surface area (Å²) in [7, 11) is 0. The SMILES string of the molecule is CC(C)c1nc(-c2ccccc2Cl)n[nH]1. The molecule has 4 heteroatoms. The van der Waals surface area contributed by atoms with Gasteiger partial charge in [0.15, 0.2) is 5.82 Å². The third-order valence-electron chi connectivity index (χ3n) is 2.16. The van der Waals surface area contributed by atoms with E-state index in [0.717, 1.165) is 11.4 Å². The lowest BCUT2D eigenvalue weighted by molar-refractivity contribution is 0.781. The van der Waals surface area contributed by atoms with Crippen LogP contribution in [0.2, 0.25) is 5.02 Å². The number of aromatic amines is 1. The van der Waals surface area contributed by atoms with E-state index in [2.05, 4.69) is 29.0 Å². The summed E-state index contributed by atoms with van der Waals surface area (Å²) >= 11 is 6.05. The quantitative estimate of drug-likeness (QED) is 0.846. The van der Waals surface area contributed by atoms with Gasteiger partial charge in [0.2, 0.25) is 0 Å². The highest BCUT2D eigenvalue weighted by atomic mass is 35.5. The second-order valence-electron chi connectivity index (χ2n) is 3.68. The van der Waals surface area contributed by atoms with Gasteiger partial charge >= 0.3 is 0 Å². The number of nitrogens with one attached hydrogen (secondary N) is 1. The number of hydrogen-bond acceptors (Lipinski definition) is 2. The summed E-state index contributed by atoms with van der Waals surface area (Å²) in [5.74, 6) is 1.88. The Labute approximate surface area is 93.5 Å². The fraction of sp³-hybridized carbons (Fsp3) is 0.273. The van der Waals surface area contributed by atoms with Crippen molar-refractivity contribution >= 4 is 11.6 Å². The van der Waals surface area contributed by atoms with Crippen LogP contribution in [0.5, 0.6) is 0 Å². The fourth-order valence-corrected chi connectivity index (χ4v) is 1.52. The maximum atomic E-state index is 6.05. The Bertz CT molecular complexity index is 462. The van der Waals surface area contributed by atoms with Crippen molar-refractivity contribution in [2.45, 2.75) is 19.8 Å². The first-order chi connectivity index (χ1) is 7.18. The van der Waals surface area contributed by atoms with Crippen LogP contribution in [-0.2, 0) is 0 Å². The van der Waals surface area contributed by atoms with Gasteiger partial charge in [0.1, 0.15) is 5.82 Å². The average molecular weight is 222 g/mol. The van der Waals surface area contributed by atoms with E-state index in [9.17, 15) is 0 Å². The topological polar surface area (TPSA) is 41.6 Å². The Morgan fingerprint density at radius 1 is 1.27 bits per heavy atom. The van der Waals surface area contributed by atoms with Crippen LogP contribution in [0.3, 0.4) is 0 Å². The molecule has 0 saturated heterocycles. The summed E-state index contributed by atoms with van der Waals surface area (Å²) in [6, 6.07) is 7.56. The van der Waals surface area contributed by atoms with Gasteiger partial charge in [-0.15, -0.1) is 0 Å². The molecule has 1 aromatic heterocycles. The summed E-state index contributed by atoms with van der Waals surface area (Å²) in [6.45, 7) is 4.13. The monoisotopic (exact) mass is 221 g/mol. The number of aromatic nitrogens is 3. The van der Waals surface area contributed by atoms with Crippen molar-refractivity contribution in [3.8, 4) is 11.4 Å². The molecular formula is C11H12ClN3. The molecule has 0 spiro atoms. The van der Waals surface area contributed by atoms with Gasteiger partial charge in [-0.3, -0.25) is 5.10 Å². The largest absolute Gasteiger partial charge is 0.262 e. The molecule has 0 unspecified atom stereocenters. The van der Waals surface area contributed by atoms with E-state index < -0.39 is 0 Å². The van der Waals surface area contributed by atoms with E-state index in [1.165, 1.54) is 0 Å². The van der Waals surface area contributed by atoms with Crippen molar-refractivity contribution in [1.82, 2.24) is 15.2 Å². The predicted molar refractivity (Wildman–Crippen MR) is 60.9 cm³/mol. The number of H-pyrrole nitrogens is 1. The van der Waals surface area contributed by atoms with Crippen LogP contribution < -0.4 is 0 Å². The normalized spacial score (nSPS) is 10.9. The van der Waals surface area contributed by atoms with E-state index in [-0.39, 0.29) is 0 Å². The lowest BCUT2D eigenvalue weighted by atomic mass is 10.2. The zero-order valence-electron chi connectivity index (χ0n) is 8.66. The van der Waals surface area contributed by atoms with Gasteiger partial charge in [0.05, 0.1) is 5.02 Å². The fourth-order valence-electron chi connectivity index (χ4n) is 1.30. The summed E-state index contributed by atoms with van der Waals surface area (Å²) in [4.78, 5) is 4.39. The first-order valence-corrected chi connectivity index (χ1v) is 5.23. The molecule has 0 amide bonds. The molecule has 0 aliphatic carbocycles. The van der Waals surface area contributed by atoms with Gasteiger partial charge in [-0.25, -0.2) is 4.98 Å². The second-order valence-corrected chi connectivity index (χ2v) is 4.09. The number of benzene rings is 1. The first kappa shape index (κ1) is 10.2. The van der Waals surface area contributed by atoms with Gasteiger partial charge in [-0.2, -0.15) is 5.10 Å². The Morgan fingerprint density at radius 3 is 2.60 bits per heavy atom. The molecular weight excluding hydrogens is 210 g/mol. The van der Waals surface area contributed by atoms with Crippen molar-refractivity contribution in [1.29, 1.82) is 0 Å². The molecule has 0 aliphatic heterocycles. The zero-order chi connectivity index (χ0) is 10.8. The molecule has 15 heavy (non-hydrogen) atoms. The molecule has 0 atom stereocenters. The Hall–Kier alpha value is -1.35. The third-order valence-corrected chi connectivity index (χ3v) is 2.49. The minimum Gasteiger partial charge on any atom is -0.262 e. The van der Waals surface area contributed by atoms with E-state index in [4.69, 9.17) is 11.6 Å². The number of rotatable bonds is 2. The van der Waals surface area contributed by atoms with E-state index in [1.807, 2.05) is 24.3 Å². The summed E-state index contributed by atoms with van der Waals surface area (Å²) in [6.07, 6.45) is 0. The third kappa shape index (κ3) is 2.02. The molecule has 1 heterocycles. The van der Waals surface area contributed by atoms with Crippen LogP contribution in [0.4, 0.5) is 0 Å². The molecule has 0 radical (unpaired) electrons. The lowest BCUT2D eigenvalue weighted by Gasteiger charge is -1.98. The van der Waals surface area contributed by atoms with Crippen molar-refractivity contribution in [3.05, 3.63) is 35.1 Å². The molecule has 3 nitrogen and oxygen atoms in total. The molecule has 78 valence electrons. The van der Waals surface area contributed by atoms with Crippen LogP contribution in [0, 0.1) is 0 Å². The minimum absolute atomic E-state index is 0.341. The van der Waals surface area contributed by atoms with Gasteiger partial charge in [0, 0.05) is 11.5 Å². The van der Waals surface area contributed by atoms with E-state index >= 15 is 0 Å². The second kappa shape index (κ2) is 4.03. The van der Waals surface area contributed by atoms with Gasteiger partial charge < -0.3 is 0 Å². The summed E-state index contributed by atoms with van der Waals surface area (Å²) in [5.41, 5.74) is 0.863. The van der Waals surface area contributed by atoms with Crippen molar-refractivity contribution in [3.63, 3.8) is 0 Å². The molecule has 2 aromatic rings. The van der Waals surface area contributed by atoms with Gasteiger partial charge in [0.25, 0.3) is 0 Å². The van der Waals surface area contributed by atoms with Crippen LogP contribution in [0.25, 0.3) is 11.4 Å². The van der Waals surface area contributed by atoms with E-state index in [0.29, 0.717) is 16.8 Å². The lowest BCUT2D eigenvalue weighted by Crippen LogP contribution is -1.89. The highest BCUT2D eigenvalue weighted by Crippen LogP contribution is 2.25. The number of nitrogens with zero attached hydrogens (tertiary/aromatic N) is 2. The molecule has 0 aliphatic rings. The Morgan fingerprint density at radius 2 is 2.00 bits per heavy atom. The Balaban J connectivity index is 2.42. The number of hydrogen-bond donors (Lipinski definition) is 1. The van der Waals surface area contributed by atoms with Gasteiger partial charge in [-0.05, 0) is 12.1 Å². The predicted octanol–water partition coefficient (Wildman–Crippen LogP) is 3.25. The smallest absolute Gasteiger partial charge is 0.182 e. The Kier molecular flexibility index (Phi) is 2.73. The molecule has 2 rings (SSSR count). The molecule has 1 N–H and O–H groups in total. The maximum Gasteiger partial charge on any atom is 0.182 e. The standard InChI is InChI=1S/C11H12ClN3/c1-7(2)10-13-11(15-14-10)8-5-3-4-6-9(8)12/h3-7H,1-2H3,(H,13,14,15). The van der Waals surface area contributed by atoms with Gasteiger partial charge in [-0.1, -0.05) is 37.6 Å². The van der Waals surface area contributed by atoms with Crippen LogP contribution >= 0.6 is 11.6 Å². The molecule has 0 bridgehead atoms. The summed E-state index contributed by atoms with van der Waals surface area (Å²) < 4.78 is 0. The summed E-state index contributed by atoms with van der Waals surface area (Å²) in [5, 5.41) is 7.73. The zero-order valence-corrected chi connectivity index (χ0v) is 9.42. The van der Waals surface area contributed by atoms with Crippen LogP contribution in [0.15, 0.2) is 24.3 Å². The average Bonchev–Trinajstić information content (AvgIpc) is 2.67. The van der Waals surface area contributed by atoms with Crippen molar-refractivity contribution in [2.24, 2.45) is 0 Å². The maximum absolute atomic E-state index is 6.05. The molecule has 1 aromatic carbocycles. The number of halogens is 1. The van der Waals surface area contributed by atoms with Crippen LogP contribution in [0.1, 0.15) is 25.6 Å². The van der Waals surface area contributed by atoms with Crippen LogP contribution in [-0.4, -0.2) is 15.2 Å². The molecule has 0 fully saturated rings. The first-order valence-electron chi connectivity index (χ1n) is 4.85. The molecule has 0 saturated carbocycles.